The predicted molar refractivity (Wildman–Crippen MR) is 80.5 cm³/mol. The molecule has 0 aromatic rings. The standard InChI is InChI=1S/C16H29N3O/c1-16(2,19-7-5-17-6-8-19)15(20)18-11-14-10-12-3-4-13(14)9-12/h12-14,17H,3-11H2,1-2H3,(H,18,20). The van der Waals surface area contributed by atoms with E-state index in [0.29, 0.717) is 0 Å². The lowest BCUT2D eigenvalue weighted by molar-refractivity contribution is -0.132. The van der Waals surface area contributed by atoms with Gasteiger partial charge >= 0.3 is 0 Å². The summed E-state index contributed by atoms with van der Waals surface area (Å²) in [5.74, 6) is 2.81. The smallest absolute Gasteiger partial charge is 0.239 e. The van der Waals surface area contributed by atoms with Crippen molar-refractivity contribution in [3.05, 3.63) is 0 Å². The van der Waals surface area contributed by atoms with E-state index in [0.717, 1.165) is 50.5 Å². The largest absolute Gasteiger partial charge is 0.354 e. The zero-order valence-corrected chi connectivity index (χ0v) is 13.0. The Morgan fingerprint density at radius 2 is 2.00 bits per heavy atom. The van der Waals surface area contributed by atoms with Crippen LogP contribution in [-0.4, -0.2) is 49.1 Å². The maximum absolute atomic E-state index is 12.6. The second kappa shape index (κ2) is 5.64. The molecule has 114 valence electrons. The molecule has 3 rings (SSSR count). The second-order valence-electron chi connectivity index (χ2n) is 7.44. The van der Waals surface area contributed by atoms with Crippen molar-refractivity contribution in [1.82, 2.24) is 15.5 Å². The van der Waals surface area contributed by atoms with Gasteiger partial charge in [0.25, 0.3) is 0 Å². The number of nitrogens with zero attached hydrogens (tertiary/aromatic N) is 1. The van der Waals surface area contributed by atoms with Crippen LogP contribution in [0.5, 0.6) is 0 Å². The van der Waals surface area contributed by atoms with Crippen LogP contribution in [0.4, 0.5) is 0 Å². The minimum atomic E-state index is -0.375. The molecule has 1 aliphatic heterocycles. The van der Waals surface area contributed by atoms with Gasteiger partial charge in [0.05, 0.1) is 5.54 Å². The minimum absolute atomic E-state index is 0.210. The van der Waals surface area contributed by atoms with Gasteiger partial charge in [-0.05, 0) is 50.9 Å². The molecule has 2 saturated carbocycles. The van der Waals surface area contributed by atoms with Crippen molar-refractivity contribution >= 4 is 5.91 Å². The molecule has 3 atom stereocenters. The van der Waals surface area contributed by atoms with Gasteiger partial charge in [-0.15, -0.1) is 0 Å². The molecule has 20 heavy (non-hydrogen) atoms. The van der Waals surface area contributed by atoms with E-state index in [1.807, 2.05) is 0 Å². The third-order valence-electron chi connectivity index (χ3n) is 5.87. The van der Waals surface area contributed by atoms with E-state index in [9.17, 15) is 4.79 Å². The summed E-state index contributed by atoms with van der Waals surface area (Å²) in [5, 5.41) is 6.59. The molecule has 0 aromatic heterocycles. The summed E-state index contributed by atoms with van der Waals surface area (Å²) in [6.45, 7) is 8.94. The summed E-state index contributed by atoms with van der Waals surface area (Å²) in [4.78, 5) is 14.9. The van der Waals surface area contributed by atoms with Gasteiger partial charge in [-0.3, -0.25) is 9.69 Å². The van der Waals surface area contributed by atoms with E-state index in [2.05, 4.69) is 29.4 Å². The highest BCUT2D eigenvalue weighted by Gasteiger charge is 2.40. The molecule has 3 unspecified atom stereocenters. The molecule has 1 saturated heterocycles. The summed E-state index contributed by atoms with van der Waals surface area (Å²) in [6.07, 6.45) is 5.59. The van der Waals surface area contributed by atoms with Crippen molar-refractivity contribution in [2.75, 3.05) is 32.7 Å². The molecule has 0 radical (unpaired) electrons. The van der Waals surface area contributed by atoms with Crippen molar-refractivity contribution in [2.45, 2.75) is 45.1 Å². The summed E-state index contributed by atoms with van der Waals surface area (Å²) < 4.78 is 0. The topological polar surface area (TPSA) is 44.4 Å². The van der Waals surface area contributed by atoms with Crippen molar-refractivity contribution in [3.63, 3.8) is 0 Å². The fourth-order valence-electron chi connectivity index (χ4n) is 4.43. The Hall–Kier alpha value is -0.610. The number of carbonyl (C=O) groups excluding carboxylic acids is 1. The van der Waals surface area contributed by atoms with Crippen LogP contribution in [-0.2, 0) is 4.79 Å². The summed E-state index contributed by atoms with van der Waals surface area (Å²) in [6, 6.07) is 0. The van der Waals surface area contributed by atoms with E-state index in [1.54, 1.807) is 0 Å². The van der Waals surface area contributed by atoms with E-state index in [4.69, 9.17) is 0 Å². The summed E-state index contributed by atoms with van der Waals surface area (Å²) in [7, 11) is 0. The molecule has 0 spiro atoms. The first kappa shape index (κ1) is 14.3. The SMILES string of the molecule is CC(C)(C(=O)NCC1CC2CCC1C2)N1CCNCC1. The first-order chi connectivity index (χ1) is 9.57. The number of amides is 1. The second-order valence-corrected chi connectivity index (χ2v) is 7.44. The highest BCUT2D eigenvalue weighted by Crippen LogP contribution is 2.47. The van der Waals surface area contributed by atoms with Crippen molar-refractivity contribution in [3.8, 4) is 0 Å². The predicted octanol–water partition coefficient (Wildman–Crippen LogP) is 1.22. The van der Waals surface area contributed by atoms with Gasteiger partial charge in [-0.1, -0.05) is 6.42 Å². The first-order valence-electron chi connectivity index (χ1n) is 8.31. The maximum Gasteiger partial charge on any atom is 0.239 e. The molecule has 1 heterocycles. The van der Waals surface area contributed by atoms with E-state index in [1.165, 1.54) is 25.7 Å². The Balaban J connectivity index is 1.50. The van der Waals surface area contributed by atoms with Gasteiger partial charge in [0, 0.05) is 32.7 Å². The Labute approximate surface area is 122 Å². The lowest BCUT2D eigenvalue weighted by atomic mass is 9.88. The maximum atomic E-state index is 12.6. The number of hydrogen-bond acceptors (Lipinski definition) is 3. The number of hydrogen-bond donors (Lipinski definition) is 2. The number of carbonyl (C=O) groups is 1. The Morgan fingerprint density at radius 3 is 2.60 bits per heavy atom. The number of rotatable bonds is 4. The summed E-state index contributed by atoms with van der Waals surface area (Å²) >= 11 is 0. The molecule has 4 heteroatoms. The van der Waals surface area contributed by atoms with Gasteiger partial charge in [0.1, 0.15) is 0 Å². The van der Waals surface area contributed by atoms with E-state index >= 15 is 0 Å². The van der Waals surface area contributed by atoms with Crippen molar-refractivity contribution < 1.29 is 4.79 Å². The van der Waals surface area contributed by atoms with E-state index < -0.39 is 0 Å². The van der Waals surface area contributed by atoms with Crippen LogP contribution in [0.3, 0.4) is 0 Å². The molecule has 1 amide bonds. The highest BCUT2D eigenvalue weighted by molar-refractivity contribution is 5.85. The molecule has 2 N–H and O–H groups in total. The Morgan fingerprint density at radius 1 is 1.25 bits per heavy atom. The number of piperazine rings is 1. The van der Waals surface area contributed by atoms with Crippen molar-refractivity contribution in [1.29, 1.82) is 0 Å². The summed E-state index contributed by atoms with van der Waals surface area (Å²) in [5.41, 5.74) is -0.375. The number of nitrogens with one attached hydrogen (secondary N) is 2. The molecular weight excluding hydrogens is 250 g/mol. The Bertz CT molecular complexity index is 363. The average molecular weight is 279 g/mol. The fraction of sp³-hybridized carbons (Fsp3) is 0.938. The third kappa shape index (κ3) is 2.73. The van der Waals surface area contributed by atoms with Gasteiger partial charge < -0.3 is 10.6 Å². The minimum Gasteiger partial charge on any atom is -0.354 e. The molecule has 3 aliphatic rings. The van der Waals surface area contributed by atoms with Gasteiger partial charge in [0.2, 0.25) is 5.91 Å². The van der Waals surface area contributed by atoms with E-state index in [-0.39, 0.29) is 11.4 Å². The van der Waals surface area contributed by atoms with Gasteiger partial charge in [-0.25, -0.2) is 0 Å². The van der Waals surface area contributed by atoms with Crippen LogP contribution in [0.1, 0.15) is 39.5 Å². The monoisotopic (exact) mass is 279 g/mol. The molecule has 3 fully saturated rings. The molecular formula is C16H29N3O. The normalized spacial score (nSPS) is 34.4. The van der Waals surface area contributed by atoms with Crippen LogP contribution >= 0.6 is 0 Å². The van der Waals surface area contributed by atoms with Crippen LogP contribution < -0.4 is 10.6 Å². The number of fused-ring (bicyclic) bond motifs is 2. The van der Waals surface area contributed by atoms with Crippen LogP contribution in [0.25, 0.3) is 0 Å². The van der Waals surface area contributed by atoms with Gasteiger partial charge in [0.15, 0.2) is 0 Å². The van der Waals surface area contributed by atoms with Crippen molar-refractivity contribution in [2.24, 2.45) is 17.8 Å². The lowest BCUT2D eigenvalue weighted by Crippen LogP contribution is -2.60. The fourth-order valence-corrected chi connectivity index (χ4v) is 4.43. The molecule has 4 nitrogen and oxygen atoms in total. The molecule has 2 aliphatic carbocycles. The van der Waals surface area contributed by atoms with Gasteiger partial charge in [-0.2, -0.15) is 0 Å². The quantitative estimate of drug-likeness (QED) is 0.813. The Kier molecular flexibility index (Phi) is 4.04. The third-order valence-corrected chi connectivity index (χ3v) is 5.87. The zero-order valence-electron chi connectivity index (χ0n) is 13.0. The zero-order chi connectivity index (χ0) is 14.2. The average Bonchev–Trinajstić information content (AvgIpc) is 3.08. The van der Waals surface area contributed by atoms with Crippen LogP contribution in [0.2, 0.25) is 0 Å². The highest BCUT2D eigenvalue weighted by atomic mass is 16.2. The molecule has 2 bridgehead atoms. The molecule has 0 aromatic carbocycles. The lowest BCUT2D eigenvalue weighted by Gasteiger charge is -2.40. The first-order valence-corrected chi connectivity index (χ1v) is 8.31. The van der Waals surface area contributed by atoms with Crippen LogP contribution in [0, 0.1) is 17.8 Å². The van der Waals surface area contributed by atoms with Crippen LogP contribution in [0.15, 0.2) is 0 Å².